The van der Waals surface area contributed by atoms with Crippen LogP contribution in [0.25, 0.3) is 0 Å². The summed E-state index contributed by atoms with van der Waals surface area (Å²) in [5, 5.41) is 12.3. The van der Waals surface area contributed by atoms with Gasteiger partial charge in [-0.25, -0.2) is 4.79 Å². The molecule has 0 aliphatic rings. The molecule has 0 amide bonds. The first-order valence-electron chi connectivity index (χ1n) is 6.48. The molecule has 0 aliphatic carbocycles. The number of aromatic carboxylic acids is 1. The van der Waals surface area contributed by atoms with E-state index in [1.807, 2.05) is 37.3 Å². The number of rotatable bonds is 6. The molecule has 0 unspecified atom stereocenters. The number of hydrogen-bond acceptors (Lipinski definition) is 3. The van der Waals surface area contributed by atoms with Crippen molar-refractivity contribution in [1.29, 1.82) is 0 Å². The molecule has 0 heterocycles. The van der Waals surface area contributed by atoms with Crippen LogP contribution in [0.4, 0.5) is 5.69 Å². The van der Waals surface area contributed by atoms with Gasteiger partial charge in [-0.05, 0) is 36.8 Å². The van der Waals surface area contributed by atoms with Crippen molar-refractivity contribution in [2.45, 2.75) is 13.5 Å². The monoisotopic (exact) mass is 271 g/mol. The maximum Gasteiger partial charge on any atom is 0.337 e. The minimum absolute atomic E-state index is 0.272. The smallest absolute Gasteiger partial charge is 0.337 e. The average Bonchev–Trinajstić information content (AvgIpc) is 2.46. The minimum atomic E-state index is -0.934. The third kappa shape index (κ3) is 3.51. The number of anilines is 1. The Morgan fingerprint density at radius 3 is 2.75 bits per heavy atom. The fraction of sp³-hybridized carbons (Fsp3) is 0.188. The van der Waals surface area contributed by atoms with E-state index in [0.717, 1.165) is 11.3 Å². The summed E-state index contributed by atoms with van der Waals surface area (Å²) < 4.78 is 5.44. The summed E-state index contributed by atoms with van der Waals surface area (Å²) in [5.41, 5.74) is 1.92. The van der Waals surface area contributed by atoms with Crippen LogP contribution in [0.15, 0.2) is 48.5 Å². The summed E-state index contributed by atoms with van der Waals surface area (Å²) in [6.07, 6.45) is 0. The van der Waals surface area contributed by atoms with Gasteiger partial charge >= 0.3 is 5.97 Å². The summed E-state index contributed by atoms with van der Waals surface area (Å²) in [6, 6.07) is 14.6. The van der Waals surface area contributed by atoms with Crippen LogP contribution in [0.2, 0.25) is 0 Å². The number of nitrogens with one attached hydrogen (secondary N) is 1. The number of ether oxygens (including phenoxy) is 1. The van der Waals surface area contributed by atoms with Crippen molar-refractivity contribution in [3.8, 4) is 5.75 Å². The zero-order chi connectivity index (χ0) is 14.4. The van der Waals surface area contributed by atoms with Gasteiger partial charge in [0.2, 0.25) is 0 Å². The second-order valence-electron chi connectivity index (χ2n) is 4.28. The van der Waals surface area contributed by atoms with Crippen LogP contribution in [0.3, 0.4) is 0 Å². The van der Waals surface area contributed by atoms with E-state index in [2.05, 4.69) is 5.32 Å². The molecule has 2 aromatic rings. The van der Waals surface area contributed by atoms with Gasteiger partial charge < -0.3 is 15.2 Å². The van der Waals surface area contributed by atoms with Crippen LogP contribution in [0, 0.1) is 0 Å². The number of hydrogen-bond donors (Lipinski definition) is 2. The molecule has 2 rings (SSSR count). The van der Waals surface area contributed by atoms with E-state index in [9.17, 15) is 4.79 Å². The first-order chi connectivity index (χ1) is 9.70. The van der Waals surface area contributed by atoms with E-state index < -0.39 is 5.97 Å². The highest BCUT2D eigenvalue weighted by atomic mass is 16.5. The van der Waals surface area contributed by atoms with Crippen LogP contribution in [-0.2, 0) is 6.54 Å². The lowest BCUT2D eigenvalue weighted by Crippen LogP contribution is -2.06. The lowest BCUT2D eigenvalue weighted by Gasteiger charge is -2.10. The number of carboxylic acids is 1. The largest absolute Gasteiger partial charge is 0.494 e. The SMILES string of the molecule is CCOc1cccc(CNc2ccccc2C(=O)O)c1. The third-order valence-electron chi connectivity index (χ3n) is 2.85. The molecular formula is C16H17NO3. The molecule has 0 aromatic heterocycles. The van der Waals surface area contributed by atoms with Crippen LogP contribution >= 0.6 is 0 Å². The van der Waals surface area contributed by atoms with Crippen molar-refractivity contribution in [2.24, 2.45) is 0 Å². The summed E-state index contributed by atoms with van der Waals surface area (Å²) in [4.78, 5) is 11.1. The molecule has 0 atom stereocenters. The van der Waals surface area contributed by atoms with Crippen molar-refractivity contribution in [3.63, 3.8) is 0 Å². The maximum absolute atomic E-state index is 11.1. The Morgan fingerprint density at radius 2 is 2.00 bits per heavy atom. The maximum atomic E-state index is 11.1. The van der Waals surface area contributed by atoms with Gasteiger partial charge in [0.15, 0.2) is 0 Å². The van der Waals surface area contributed by atoms with Gasteiger partial charge in [-0.15, -0.1) is 0 Å². The summed E-state index contributed by atoms with van der Waals surface area (Å²) in [5.74, 6) is -0.116. The number of carboxylic acid groups (broad SMARTS) is 1. The first kappa shape index (κ1) is 13.9. The highest BCUT2D eigenvalue weighted by Crippen LogP contribution is 2.18. The zero-order valence-electron chi connectivity index (χ0n) is 11.3. The second kappa shape index (κ2) is 6.61. The Labute approximate surface area is 118 Å². The number of para-hydroxylation sites is 1. The topological polar surface area (TPSA) is 58.6 Å². The van der Waals surface area contributed by atoms with Crippen molar-refractivity contribution >= 4 is 11.7 Å². The normalized spacial score (nSPS) is 10.1. The molecule has 0 saturated heterocycles. The van der Waals surface area contributed by atoms with Gasteiger partial charge in [-0.1, -0.05) is 24.3 Å². The lowest BCUT2D eigenvalue weighted by molar-refractivity contribution is 0.0698. The van der Waals surface area contributed by atoms with Crippen LogP contribution in [0.1, 0.15) is 22.8 Å². The predicted molar refractivity (Wildman–Crippen MR) is 78.3 cm³/mol. The van der Waals surface area contributed by atoms with E-state index in [4.69, 9.17) is 9.84 Å². The van der Waals surface area contributed by atoms with E-state index >= 15 is 0 Å². The molecule has 4 heteroatoms. The summed E-state index contributed by atoms with van der Waals surface area (Å²) in [6.45, 7) is 3.11. The molecule has 2 aromatic carbocycles. The Balaban J connectivity index is 2.09. The summed E-state index contributed by atoms with van der Waals surface area (Å²) in [7, 11) is 0. The second-order valence-corrected chi connectivity index (χ2v) is 4.28. The standard InChI is InChI=1S/C16H17NO3/c1-2-20-13-7-5-6-12(10-13)11-17-15-9-4-3-8-14(15)16(18)19/h3-10,17H,2,11H2,1H3,(H,18,19). The Morgan fingerprint density at radius 1 is 1.20 bits per heavy atom. The highest BCUT2D eigenvalue weighted by molar-refractivity contribution is 5.94. The van der Waals surface area contributed by atoms with Crippen molar-refractivity contribution in [3.05, 3.63) is 59.7 Å². The van der Waals surface area contributed by atoms with E-state index in [0.29, 0.717) is 18.8 Å². The van der Waals surface area contributed by atoms with Crippen LogP contribution in [0.5, 0.6) is 5.75 Å². The van der Waals surface area contributed by atoms with Gasteiger partial charge in [0.05, 0.1) is 12.2 Å². The van der Waals surface area contributed by atoms with Gasteiger partial charge in [0.25, 0.3) is 0 Å². The fourth-order valence-corrected chi connectivity index (χ4v) is 1.93. The molecule has 0 fully saturated rings. The van der Waals surface area contributed by atoms with Gasteiger partial charge in [0, 0.05) is 12.2 Å². The Hall–Kier alpha value is -2.49. The molecule has 4 nitrogen and oxygen atoms in total. The molecule has 0 radical (unpaired) electrons. The van der Waals surface area contributed by atoms with Crippen molar-refractivity contribution in [1.82, 2.24) is 0 Å². The van der Waals surface area contributed by atoms with Gasteiger partial charge in [-0.2, -0.15) is 0 Å². The van der Waals surface area contributed by atoms with Gasteiger partial charge in [-0.3, -0.25) is 0 Å². The van der Waals surface area contributed by atoms with E-state index in [1.54, 1.807) is 18.2 Å². The molecule has 104 valence electrons. The molecule has 20 heavy (non-hydrogen) atoms. The minimum Gasteiger partial charge on any atom is -0.494 e. The Bertz CT molecular complexity index is 596. The molecule has 0 spiro atoms. The highest BCUT2D eigenvalue weighted by Gasteiger charge is 2.08. The van der Waals surface area contributed by atoms with E-state index in [1.165, 1.54) is 0 Å². The summed E-state index contributed by atoms with van der Waals surface area (Å²) >= 11 is 0. The zero-order valence-corrected chi connectivity index (χ0v) is 11.3. The Kier molecular flexibility index (Phi) is 4.60. The van der Waals surface area contributed by atoms with Crippen LogP contribution < -0.4 is 10.1 Å². The van der Waals surface area contributed by atoms with Gasteiger partial charge in [0.1, 0.15) is 5.75 Å². The van der Waals surface area contributed by atoms with Crippen molar-refractivity contribution < 1.29 is 14.6 Å². The quantitative estimate of drug-likeness (QED) is 0.845. The third-order valence-corrected chi connectivity index (χ3v) is 2.85. The lowest BCUT2D eigenvalue weighted by atomic mass is 10.1. The molecule has 0 saturated carbocycles. The number of carbonyl (C=O) groups is 1. The van der Waals surface area contributed by atoms with E-state index in [-0.39, 0.29) is 5.56 Å². The predicted octanol–water partition coefficient (Wildman–Crippen LogP) is 3.40. The molecular weight excluding hydrogens is 254 g/mol. The fourth-order valence-electron chi connectivity index (χ4n) is 1.93. The molecule has 0 aliphatic heterocycles. The average molecular weight is 271 g/mol. The van der Waals surface area contributed by atoms with Crippen LogP contribution in [-0.4, -0.2) is 17.7 Å². The molecule has 0 bridgehead atoms. The number of benzene rings is 2. The first-order valence-corrected chi connectivity index (χ1v) is 6.48. The van der Waals surface area contributed by atoms with Crippen molar-refractivity contribution in [2.75, 3.05) is 11.9 Å². The molecule has 2 N–H and O–H groups in total.